The molecule has 7 nitrogen and oxygen atoms in total. The van der Waals surface area contributed by atoms with Gasteiger partial charge in [0, 0.05) is 0 Å². The zero-order valence-corrected chi connectivity index (χ0v) is 6.51. The number of aliphatic carboxylic acids is 3. The van der Waals surface area contributed by atoms with Crippen LogP contribution in [0.1, 0.15) is 6.42 Å². The molecule has 5 N–H and O–H groups in total. The SMILES string of the molecule is N[C@H](C(=O)O)[C@H](CC(=O)O)C(=O)O. The van der Waals surface area contributed by atoms with Gasteiger partial charge in [0.2, 0.25) is 0 Å². The van der Waals surface area contributed by atoms with Gasteiger partial charge < -0.3 is 21.1 Å². The van der Waals surface area contributed by atoms with Crippen molar-refractivity contribution >= 4 is 17.9 Å². The van der Waals surface area contributed by atoms with Crippen molar-refractivity contribution in [2.75, 3.05) is 0 Å². The fourth-order valence-electron chi connectivity index (χ4n) is 0.728. The first-order chi connectivity index (χ1) is 5.86. The normalized spacial score (nSPS) is 14.5. The quantitative estimate of drug-likeness (QED) is 0.418. The Labute approximate surface area is 72.8 Å². The van der Waals surface area contributed by atoms with Crippen molar-refractivity contribution in [2.24, 2.45) is 11.7 Å². The molecule has 0 heterocycles. The summed E-state index contributed by atoms with van der Waals surface area (Å²) < 4.78 is 0. The fraction of sp³-hybridized carbons (Fsp3) is 0.500. The summed E-state index contributed by atoms with van der Waals surface area (Å²) in [6.45, 7) is 0. The summed E-state index contributed by atoms with van der Waals surface area (Å²) in [5.74, 6) is -6.06. The molecule has 0 aliphatic heterocycles. The zero-order valence-electron chi connectivity index (χ0n) is 6.51. The number of hydrogen-bond donors (Lipinski definition) is 4. The molecule has 0 aromatic heterocycles. The Morgan fingerprint density at radius 2 is 1.54 bits per heavy atom. The van der Waals surface area contributed by atoms with Crippen molar-refractivity contribution in [1.29, 1.82) is 0 Å². The summed E-state index contributed by atoms with van der Waals surface area (Å²) in [7, 11) is 0. The third-order valence-corrected chi connectivity index (χ3v) is 1.43. The summed E-state index contributed by atoms with van der Waals surface area (Å²) in [4.78, 5) is 30.7. The lowest BCUT2D eigenvalue weighted by molar-refractivity contribution is -0.153. The highest BCUT2D eigenvalue weighted by Gasteiger charge is 2.32. The Bertz CT molecular complexity index is 237. The lowest BCUT2D eigenvalue weighted by Crippen LogP contribution is -2.43. The first-order valence-corrected chi connectivity index (χ1v) is 3.29. The second kappa shape index (κ2) is 4.41. The van der Waals surface area contributed by atoms with Crippen LogP contribution < -0.4 is 5.73 Å². The van der Waals surface area contributed by atoms with E-state index < -0.39 is 36.3 Å². The molecule has 0 radical (unpaired) electrons. The Balaban J connectivity index is 4.51. The number of rotatable bonds is 5. The van der Waals surface area contributed by atoms with Gasteiger partial charge in [0.05, 0.1) is 12.3 Å². The minimum atomic E-state index is -1.70. The Morgan fingerprint density at radius 3 is 1.77 bits per heavy atom. The van der Waals surface area contributed by atoms with Crippen LogP contribution in [0.15, 0.2) is 0 Å². The van der Waals surface area contributed by atoms with Crippen molar-refractivity contribution in [3.05, 3.63) is 0 Å². The molecule has 0 rings (SSSR count). The van der Waals surface area contributed by atoms with Gasteiger partial charge in [-0.15, -0.1) is 0 Å². The van der Waals surface area contributed by atoms with Crippen LogP contribution in [0.2, 0.25) is 0 Å². The molecule has 0 spiro atoms. The van der Waals surface area contributed by atoms with Crippen molar-refractivity contribution in [3.8, 4) is 0 Å². The molecule has 7 heteroatoms. The first-order valence-electron chi connectivity index (χ1n) is 3.29. The maximum atomic E-state index is 10.4. The smallest absolute Gasteiger partial charge is 0.321 e. The minimum absolute atomic E-state index is 0.803. The van der Waals surface area contributed by atoms with Crippen LogP contribution in [0.5, 0.6) is 0 Å². The largest absolute Gasteiger partial charge is 0.481 e. The van der Waals surface area contributed by atoms with Gasteiger partial charge in [0.15, 0.2) is 0 Å². The summed E-state index contributed by atoms with van der Waals surface area (Å²) in [6.07, 6.45) is -0.803. The first kappa shape index (κ1) is 11.4. The lowest BCUT2D eigenvalue weighted by Gasteiger charge is -2.13. The monoisotopic (exact) mass is 191 g/mol. The average Bonchev–Trinajstić information content (AvgIpc) is 1.97. The van der Waals surface area contributed by atoms with Gasteiger partial charge in [-0.2, -0.15) is 0 Å². The molecule has 0 aromatic carbocycles. The lowest BCUT2D eigenvalue weighted by atomic mass is 9.97. The average molecular weight is 191 g/mol. The summed E-state index contributed by atoms with van der Waals surface area (Å²) in [5.41, 5.74) is 4.97. The van der Waals surface area contributed by atoms with Crippen molar-refractivity contribution in [3.63, 3.8) is 0 Å². The Morgan fingerprint density at radius 1 is 1.08 bits per heavy atom. The van der Waals surface area contributed by atoms with E-state index in [4.69, 9.17) is 21.1 Å². The number of carbonyl (C=O) groups is 3. The third-order valence-electron chi connectivity index (χ3n) is 1.43. The molecule has 0 aromatic rings. The molecular weight excluding hydrogens is 182 g/mol. The van der Waals surface area contributed by atoms with Crippen LogP contribution in [-0.4, -0.2) is 39.3 Å². The maximum Gasteiger partial charge on any atom is 0.321 e. The van der Waals surface area contributed by atoms with Crippen molar-refractivity contribution in [2.45, 2.75) is 12.5 Å². The molecule has 0 bridgehead atoms. The molecule has 0 saturated carbocycles. The molecule has 0 saturated heterocycles. The van der Waals surface area contributed by atoms with E-state index in [2.05, 4.69) is 0 Å². The van der Waals surface area contributed by atoms with Crippen LogP contribution in [-0.2, 0) is 14.4 Å². The Hall–Kier alpha value is -1.63. The van der Waals surface area contributed by atoms with Crippen LogP contribution in [0, 0.1) is 5.92 Å². The number of carboxylic acid groups (broad SMARTS) is 3. The van der Waals surface area contributed by atoms with Gasteiger partial charge in [-0.25, -0.2) is 0 Å². The van der Waals surface area contributed by atoms with E-state index in [0.29, 0.717) is 0 Å². The van der Waals surface area contributed by atoms with Crippen molar-refractivity contribution < 1.29 is 29.7 Å². The standard InChI is InChI=1S/C6H9NO6/c7-4(6(12)13)2(5(10)11)1-3(8)9/h2,4H,1,7H2,(H,8,9)(H,10,11)(H,12,13)/t2-,4-/m0/s1. The molecule has 0 aliphatic rings. The van der Waals surface area contributed by atoms with E-state index in [9.17, 15) is 14.4 Å². The van der Waals surface area contributed by atoms with E-state index in [1.807, 2.05) is 0 Å². The predicted molar refractivity (Wildman–Crippen MR) is 39.0 cm³/mol. The highest BCUT2D eigenvalue weighted by atomic mass is 16.4. The van der Waals surface area contributed by atoms with Gasteiger partial charge in [-0.05, 0) is 0 Å². The van der Waals surface area contributed by atoms with Crippen LogP contribution >= 0.6 is 0 Å². The number of nitrogens with two attached hydrogens (primary N) is 1. The zero-order chi connectivity index (χ0) is 10.6. The fourth-order valence-corrected chi connectivity index (χ4v) is 0.728. The van der Waals surface area contributed by atoms with Gasteiger partial charge in [0.1, 0.15) is 6.04 Å². The summed E-state index contributed by atoms with van der Waals surface area (Å²) in [5, 5.41) is 25.0. The maximum absolute atomic E-state index is 10.4. The molecular formula is C6H9NO6. The van der Waals surface area contributed by atoms with E-state index in [1.165, 1.54) is 0 Å². The molecule has 0 unspecified atom stereocenters. The third kappa shape index (κ3) is 3.52. The van der Waals surface area contributed by atoms with Crippen LogP contribution in [0.4, 0.5) is 0 Å². The van der Waals surface area contributed by atoms with Crippen molar-refractivity contribution in [1.82, 2.24) is 0 Å². The summed E-state index contributed by atoms with van der Waals surface area (Å²) >= 11 is 0. The molecule has 13 heavy (non-hydrogen) atoms. The van der Waals surface area contributed by atoms with Gasteiger partial charge in [-0.3, -0.25) is 14.4 Å². The molecule has 0 aliphatic carbocycles. The van der Waals surface area contributed by atoms with Crippen LogP contribution in [0.3, 0.4) is 0 Å². The van der Waals surface area contributed by atoms with Crippen LogP contribution in [0.25, 0.3) is 0 Å². The summed E-state index contributed by atoms with van der Waals surface area (Å²) in [6, 6.07) is -1.70. The van der Waals surface area contributed by atoms with Gasteiger partial charge >= 0.3 is 17.9 Å². The number of hydrogen-bond acceptors (Lipinski definition) is 4. The minimum Gasteiger partial charge on any atom is -0.481 e. The van der Waals surface area contributed by atoms with E-state index in [-0.39, 0.29) is 0 Å². The second-order valence-corrected chi connectivity index (χ2v) is 2.41. The van der Waals surface area contributed by atoms with E-state index >= 15 is 0 Å². The topological polar surface area (TPSA) is 138 Å². The Kier molecular flexibility index (Phi) is 3.86. The molecule has 2 atom stereocenters. The highest BCUT2D eigenvalue weighted by molar-refractivity contribution is 5.85. The second-order valence-electron chi connectivity index (χ2n) is 2.41. The highest BCUT2D eigenvalue weighted by Crippen LogP contribution is 2.08. The van der Waals surface area contributed by atoms with E-state index in [0.717, 1.165) is 0 Å². The number of carboxylic acids is 3. The van der Waals surface area contributed by atoms with E-state index in [1.54, 1.807) is 0 Å². The van der Waals surface area contributed by atoms with Gasteiger partial charge in [-0.1, -0.05) is 0 Å². The van der Waals surface area contributed by atoms with Gasteiger partial charge in [0.25, 0.3) is 0 Å². The molecule has 0 fully saturated rings. The molecule has 0 amide bonds. The molecule has 74 valence electrons. The predicted octanol–water partition coefficient (Wildman–Crippen LogP) is -1.43.